The molecular formula is C9H16N2O3. The minimum Gasteiger partial charge on any atom is -0.481 e. The van der Waals surface area contributed by atoms with Gasteiger partial charge in [0.2, 0.25) is 0 Å². The van der Waals surface area contributed by atoms with Crippen LogP contribution in [0.25, 0.3) is 0 Å². The molecule has 0 bridgehead atoms. The Morgan fingerprint density at radius 1 is 1.50 bits per heavy atom. The van der Waals surface area contributed by atoms with Gasteiger partial charge in [-0.3, -0.25) is 4.79 Å². The van der Waals surface area contributed by atoms with Gasteiger partial charge in [-0.2, -0.15) is 0 Å². The molecule has 0 aliphatic heterocycles. The second-order valence-electron chi connectivity index (χ2n) is 3.73. The molecule has 1 aliphatic carbocycles. The summed E-state index contributed by atoms with van der Waals surface area (Å²) in [5.41, 5.74) is 0. The summed E-state index contributed by atoms with van der Waals surface area (Å²) >= 11 is 0. The molecular weight excluding hydrogens is 184 g/mol. The first-order chi connectivity index (χ1) is 6.58. The van der Waals surface area contributed by atoms with E-state index in [0.717, 1.165) is 12.8 Å². The summed E-state index contributed by atoms with van der Waals surface area (Å²) in [5, 5.41) is 13.9. The lowest BCUT2D eigenvalue weighted by Gasteiger charge is -2.13. The molecule has 0 aromatic heterocycles. The summed E-state index contributed by atoms with van der Waals surface area (Å²) in [5.74, 6) is -0.832. The number of carboxylic acids is 1. The van der Waals surface area contributed by atoms with Gasteiger partial charge in [-0.1, -0.05) is 0 Å². The number of rotatable bonds is 5. The van der Waals surface area contributed by atoms with Crippen LogP contribution in [0.2, 0.25) is 0 Å². The van der Waals surface area contributed by atoms with E-state index in [0.29, 0.717) is 12.5 Å². The molecule has 1 unspecified atom stereocenters. The Kier molecular flexibility index (Phi) is 3.73. The van der Waals surface area contributed by atoms with E-state index in [4.69, 9.17) is 5.11 Å². The normalized spacial score (nSPS) is 17.2. The van der Waals surface area contributed by atoms with Gasteiger partial charge in [-0.25, -0.2) is 4.79 Å². The van der Waals surface area contributed by atoms with Crippen LogP contribution in [0, 0.1) is 0 Å². The van der Waals surface area contributed by atoms with Crippen LogP contribution >= 0.6 is 0 Å². The first kappa shape index (κ1) is 10.8. The Balaban J connectivity index is 2.08. The van der Waals surface area contributed by atoms with Crippen molar-refractivity contribution >= 4 is 12.0 Å². The number of urea groups is 1. The number of amides is 2. The highest BCUT2D eigenvalue weighted by Crippen LogP contribution is 2.18. The van der Waals surface area contributed by atoms with Crippen LogP contribution < -0.4 is 10.6 Å². The molecule has 0 saturated heterocycles. The highest BCUT2D eigenvalue weighted by atomic mass is 16.4. The summed E-state index contributed by atoms with van der Waals surface area (Å²) in [6.45, 7) is 1.80. The highest BCUT2D eigenvalue weighted by molar-refractivity contribution is 5.75. The van der Waals surface area contributed by atoms with Gasteiger partial charge in [-0.15, -0.1) is 0 Å². The van der Waals surface area contributed by atoms with Crippen molar-refractivity contribution in [2.45, 2.75) is 44.7 Å². The summed E-state index contributed by atoms with van der Waals surface area (Å²) in [4.78, 5) is 21.4. The van der Waals surface area contributed by atoms with Crippen molar-refractivity contribution in [1.82, 2.24) is 10.6 Å². The van der Waals surface area contributed by atoms with Crippen LogP contribution in [0.15, 0.2) is 0 Å². The smallest absolute Gasteiger partial charge is 0.315 e. The first-order valence-corrected chi connectivity index (χ1v) is 4.86. The molecule has 14 heavy (non-hydrogen) atoms. The van der Waals surface area contributed by atoms with Crippen molar-refractivity contribution in [2.75, 3.05) is 0 Å². The molecule has 1 aliphatic rings. The minimum absolute atomic E-state index is 0.0882. The van der Waals surface area contributed by atoms with Gasteiger partial charge in [-0.05, 0) is 26.2 Å². The van der Waals surface area contributed by atoms with Crippen LogP contribution in [0.4, 0.5) is 4.79 Å². The van der Waals surface area contributed by atoms with E-state index >= 15 is 0 Å². The Morgan fingerprint density at radius 2 is 2.14 bits per heavy atom. The predicted molar refractivity (Wildman–Crippen MR) is 51.0 cm³/mol. The Hall–Kier alpha value is -1.26. The standard InChI is InChI=1S/C9H16N2O3/c1-6(2-5-8(12)13)10-9(14)11-7-3-4-7/h6-7H,2-5H2,1H3,(H,12,13)(H2,10,11,14). The maximum absolute atomic E-state index is 11.2. The molecule has 0 aromatic rings. The zero-order chi connectivity index (χ0) is 10.6. The van der Waals surface area contributed by atoms with E-state index < -0.39 is 5.97 Å². The van der Waals surface area contributed by atoms with E-state index in [-0.39, 0.29) is 18.5 Å². The van der Waals surface area contributed by atoms with Crippen molar-refractivity contribution in [3.63, 3.8) is 0 Å². The lowest BCUT2D eigenvalue weighted by molar-refractivity contribution is -0.137. The first-order valence-electron chi connectivity index (χ1n) is 4.86. The molecule has 3 N–H and O–H groups in total. The lowest BCUT2D eigenvalue weighted by atomic mass is 10.2. The number of carbonyl (C=O) groups is 2. The third-order valence-electron chi connectivity index (χ3n) is 2.08. The average molecular weight is 200 g/mol. The minimum atomic E-state index is -0.832. The summed E-state index contributed by atoms with van der Waals surface area (Å²) in [6, 6.07) is 0.0527. The zero-order valence-electron chi connectivity index (χ0n) is 8.25. The Morgan fingerprint density at radius 3 is 2.64 bits per heavy atom. The van der Waals surface area contributed by atoms with Crippen LogP contribution in [0.3, 0.4) is 0 Å². The van der Waals surface area contributed by atoms with Gasteiger partial charge >= 0.3 is 12.0 Å². The molecule has 1 atom stereocenters. The van der Waals surface area contributed by atoms with Gasteiger partial charge in [0.15, 0.2) is 0 Å². The molecule has 0 heterocycles. The molecule has 5 heteroatoms. The fraction of sp³-hybridized carbons (Fsp3) is 0.778. The van der Waals surface area contributed by atoms with E-state index in [1.807, 2.05) is 0 Å². The Bertz CT molecular complexity index is 226. The molecule has 0 aromatic carbocycles. The number of hydrogen-bond donors (Lipinski definition) is 3. The van der Waals surface area contributed by atoms with Crippen LogP contribution in [-0.4, -0.2) is 29.2 Å². The van der Waals surface area contributed by atoms with Gasteiger partial charge in [0, 0.05) is 18.5 Å². The molecule has 1 saturated carbocycles. The topological polar surface area (TPSA) is 78.4 Å². The van der Waals surface area contributed by atoms with Crippen LogP contribution in [0.5, 0.6) is 0 Å². The van der Waals surface area contributed by atoms with Crippen LogP contribution in [-0.2, 0) is 4.79 Å². The fourth-order valence-electron chi connectivity index (χ4n) is 1.09. The summed E-state index contributed by atoms with van der Waals surface area (Å²) in [7, 11) is 0. The third kappa shape index (κ3) is 4.69. The predicted octanol–water partition coefficient (Wildman–Crippen LogP) is 0.701. The molecule has 2 amide bonds. The largest absolute Gasteiger partial charge is 0.481 e. The number of aliphatic carboxylic acids is 1. The van der Waals surface area contributed by atoms with Crippen molar-refractivity contribution < 1.29 is 14.7 Å². The summed E-state index contributed by atoms with van der Waals surface area (Å²) in [6.07, 6.45) is 2.66. The van der Waals surface area contributed by atoms with Gasteiger partial charge in [0.05, 0.1) is 0 Å². The molecule has 0 radical (unpaired) electrons. The number of carbonyl (C=O) groups excluding carboxylic acids is 1. The highest BCUT2D eigenvalue weighted by Gasteiger charge is 2.23. The van der Waals surface area contributed by atoms with Crippen molar-refractivity contribution in [2.24, 2.45) is 0 Å². The van der Waals surface area contributed by atoms with E-state index in [2.05, 4.69) is 10.6 Å². The number of carboxylic acid groups (broad SMARTS) is 1. The Labute approximate surface area is 82.9 Å². The van der Waals surface area contributed by atoms with E-state index in [1.54, 1.807) is 6.92 Å². The molecule has 0 spiro atoms. The zero-order valence-corrected chi connectivity index (χ0v) is 8.25. The van der Waals surface area contributed by atoms with Crippen LogP contribution in [0.1, 0.15) is 32.6 Å². The van der Waals surface area contributed by atoms with Gasteiger partial charge in [0.1, 0.15) is 0 Å². The van der Waals surface area contributed by atoms with Crippen molar-refractivity contribution in [1.29, 1.82) is 0 Å². The van der Waals surface area contributed by atoms with Crippen molar-refractivity contribution in [3.8, 4) is 0 Å². The fourth-order valence-corrected chi connectivity index (χ4v) is 1.09. The monoisotopic (exact) mass is 200 g/mol. The van der Waals surface area contributed by atoms with Gasteiger partial charge in [0.25, 0.3) is 0 Å². The third-order valence-corrected chi connectivity index (χ3v) is 2.08. The average Bonchev–Trinajstić information content (AvgIpc) is 2.84. The van der Waals surface area contributed by atoms with Crippen molar-refractivity contribution in [3.05, 3.63) is 0 Å². The maximum Gasteiger partial charge on any atom is 0.315 e. The molecule has 1 fully saturated rings. The maximum atomic E-state index is 11.2. The second-order valence-corrected chi connectivity index (χ2v) is 3.73. The lowest BCUT2D eigenvalue weighted by Crippen LogP contribution is -2.41. The second kappa shape index (κ2) is 4.83. The molecule has 1 rings (SSSR count). The quantitative estimate of drug-likeness (QED) is 0.611. The summed E-state index contributed by atoms with van der Waals surface area (Å²) < 4.78 is 0. The number of nitrogens with one attached hydrogen (secondary N) is 2. The molecule has 80 valence electrons. The molecule has 5 nitrogen and oxygen atoms in total. The number of hydrogen-bond acceptors (Lipinski definition) is 2. The van der Waals surface area contributed by atoms with Gasteiger partial charge < -0.3 is 15.7 Å². The SMILES string of the molecule is CC(CCC(=O)O)NC(=O)NC1CC1. The van der Waals surface area contributed by atoms with E-state index in [1.165, 1.54) is 0 Å². The van der Waals surface area contributed by atoms with E-state index in [9.17, 15) is 9.59 Å².